The van der Waals surface area contributed by atoms with Crippen molar-refractivity contribution in [1.29, 1.82) is 0 Å². The fraction of sp³-hybridized carbons (Fsp3) is 0.167. The van der Waals surface area contributed by atoms with E-state index in [1.165, 1.54) is 10.4 Å². The fourth-order valence-electron chi connectivity index (χ4n) is 1.41. The summed E-state index contributed by atoms with van der Waals surface area (Å²) in [5.74, 6) is 0. The first-order valence-electron chi connectivity index (χ1n) is 4.88. The summed E-state index contributed by atoms with van der Waals surface area (Å²) in [6.45, 7) is 2.89. The van der Waals surface area contributed by atoms with Crippen molar-refractivity contribution in [1.82, 2.24) is 0 Å². The van der Waals surface area contributed by atoms with E-state index in [2.05, 4.69) is 40.3 Å². The average Bonchev–Trinajstić information content (AvgIpc) is 2.67. The predicted octanol–water partition coefficient (Wildman–Crippen LogP) is 5.08. The summed E-state index contributed by atoms with van der Waals surface area (Å²) in [5, 5.41) is 6.15. The highest BCUT2D eigenvalue weighted by atomic mass is 79.9. The quantitative estimate of drug-likeness (QED) is 0.832. The molecule has 0 aliphatic heterocycles. The maximum atomic E-state index is 5.87. The Labute approximate surface area is 113 Å². The van der Waals surface area contributed by atoms with Gasteiger partial charge < -0.3 is 5.32 Å². The van der Waals surface area contributed by atoms with E-state index >= 15 is 0 Å². The maximum Gasteiger partial charge on any atom is 0.0516 e. The molecular formula is C12H11BrClNS. The lowest BCUT2D eigenvalue weighted by Crippen LogP contribution is -1.98. The van der Waals surface area contributed by atoms with Gasteiger partial charge in [-0.15, -0.1) is 11.3 Å². The summed E-state index contributed by atoms with van der Waals surface area (Å²) >= 11 is 11.1. The molecule has 0 saturated heterocycles. The molecular weight excluding hydrogens is 306 g/mol. The zero-order chi connectivity index (χ0) is 11.5. The Balaban J connectivity index is 2.07. The van der Waals surface area contributed by atoms with Crippen LogP contribution in [0.25, 0.3) is 0 Å². The van der Waals surface area contributed by atoms with Gasteiger partial charge in [0, 0.05) is 27.0 Å². The third-order valence-corrected chi connectivity index (χ3v) is 4.60. The second kappa shape index (κ2) is 5.21. The zero-order valence-corrected chi connectivity index (χ0v) is 11.9. The van der Waals surface area contributed by atoms with Crippen LogP contribution in [-0.2, 0) is 6.54 Å². The first kappa shape index (κ1) is 12.0. The number of nitrogens with one attached hydrogen (secondary N) is 1. The van der Waals surface area contributed by atoms with Gasteiger partial charge in [0.1, 0.15) is 0 Å². The Morgan fingerprint density at radius 2 is 2.25 bits per heavy atom. The minimum Gasteiger partial charge on any atom is -0.379 e. The van der Waals surface area contributed by atoms with Gasteiger partial charge in [-0.2, -0.15) is 0 Å². The molecule has 1 aromatic heterocycles. The van der Waals surface area contributed by atoms with E-state index in [1.54, 1.807) is 11.3 Å². The van der Waals surface area contributed by atoms with Gasteiger partial charge in [-0.3, -0.25) is 0 Å². The molecule has 1 aromatic carbocycles. The summed E-state index contributed by atoms with van der Waals surface area (Å²) in [4.78, 5) is 1.23. The van der Waals surface area contributed by atoms with Crippen molar-refractivity contribution in [2.75, 3.05) is 5.32 Å². The van der Waals surface area contributed by atoms with Crippen LogP contribution in [0.15, 0.2) is 34.1 Å². The van der Waals surface area contributed by atoms with Gasteiger partial charge in [0.25, 0.3) is 0 Å². The van der Waals surface area contributed by atoms with Gasteiger partial charge >= 0.3 is 0 Å². The summed E-state index contributed by atoms with van der Waals surface area (Å²) in [5.41, 5.74) is 2.35. The molecule has 4 heteroatoms. The molecule has 0 aliphatic rings. The lowest BCUT2D eigenvalue weighted by Gasteiger charge is -2.08. The van der Waals surface area contributed by atoms with Crippen molar-refractivity contribution in [3.63, 3.8) is 0 Å². The zero-order valence-electron chi connectivity index (χ0n) is 8.76. The molecule has 0 aliphatic carbocycles. The summed E-state index contributed by atoms with van der Waals surface area (Å²) in [7, 11) is 0. The molecule has 0 spiro atoms. The molecule has 0 unspecified atom stereocenters. The average molecular weight is 317 g/mol. The third kappa shape index (κ3) is 2.78. The van der Waals surface area contributed by atoms with E-state index in [0.717, 1.165) is 21.7 Å². The van der Waals surface area contributed by atoms with Gasteiger partial charge in [-0.1, -0.05) is 23.7 Å². The van der Waals surface area contributed by atoms with Crippen LogP contribution in [0.4, 0.5) is 5.69 Å². The van der Waals surface area contributed by atoms with E-state index in [4.69, 9.17) is 11.6 Å². The molecule has 0 fully saturated rings. The van der Waals surface area contributed by atoms with Crippen LogP contribution in [0.3, 0.4) is 0 Å². The van der Waals surface area contributed by atoms with E-state index in [9.17, 15) is 0 Å². The van der Waals surface area contributed by atoms with E-state index in [1.807, 2.05) is 17.5 Å². The summed E-state index contributed by atoms with van der Waals surface area (Å²) in [6, 6.07) is 8.18. The smallest absolute Gasteiger partial charge is 0.0516 e. The number of anilines is 1. The van der Waals surface area contributed by atoms with Gasteiger partial charge in [0.15, 0.2) is 0 Å². The van der Waals surface area contributed by atoms with Gasteiger partial charge in [0.05, 0.1) is 5.02 Å². The van der Waals surface area contributed by atoms with Gasteiger partial charge in [-0.25, -0.2) is 0 Å². The van der Waals surface area contributed by atoms with Crippen molar-refractivity contribution >= 4 is 44.6 Å². The van der Waals surface area contributed by atoms with E-state index in [-0.39, 0.29) is 0 Å². The third-order valence-electron chi connectivity index (χ3n) is 2.27. The molecule has 0 radical (unpaired) electrons. The Kier molecular flexibility index (Phi) is 3.90. The van der Waals surface area contributed by atoms with Crippen molar-refractivity contribution < 1.29 is 0 Å². The largest absolute Gasteiger partial charge is 0.379 e. The van der Waals surface area contributed by atoms with Crippen LogP contribution in [0, 0.1) is 6.92 Å². The monoisotopic (exact) mass is 315 g/mol. The van der Waals surface area contributed by atoms with E-state index in [0.29, 0.717) is 0 Å². The molecule has 1 N–H and O–H groups in total. The second-order valence-corrected chi connectivity index (χ2v) is 5.75. The highest BCUT2D eigenvalue weighted by Gasteiger charge is 2.02. The first-order valence-corrected chi connectivity index (χ1v) is 6.94. The van der Waals surface area contributed by atoms with Crippen LogP contribution in [0.2, 0.25) is 5.02 Å². The number of rotatable bonds is 3. The minimum atomic E-state index is 0.805. The first-order chi connectivity index (χ1) is 7.66. The maximum absolute atomic E-state index is 5.87. The standard InChI is InChI=1S/C12H11BrClNS/c1-8-3-2-4-11(12(8)13)15-6-10-5-9(14)7-16-10/h2-5,7,15H,6H2,1H3. The molecule has 16 heavy (non-hydrogen) atoms. The number of halogens is 2. The highest BCUT2D eigenvalue weighted by molar-refractivity contribution is 9.10. The number of aryl methyl sites for hydroxylation is 1. The Hall–Kier alpha value is -0.510. The second-order valence-electron chi connectivity index (χ2n) is 3.52. The molecule has 2 rings (SSSR count). The van der Waals surface area contributed by atoms with Crippen molar-refractivity contribution in [3.8, 4) is 0 Å². The fourth-order valence-corrected chi connectivity index (χ4v) is 2.83. The normalized spacial score (nSPS) is 10.4. The topological polar surface area (TPSA) is 12.0 Å². The molecule has 0 saturated carbocycles. The van der Waals surface area contributed by atoms with Crippen LogP contribution < -0.4 is 5.32 Å². The SMILES string of the molecule is Cc1cccc(NCc2cc(Cl)cs2)c1Br. The number of thiophene rings is 1. The molecule has 0 atom stereocenters. The van der Waals surface area contributed by atoms with E-state index < -0.39 is 0 Å². The number of hydrogen-bond donors (Lipinski definition) is 1. The molecule has 1 heterocycles. The van der Waals surface area contributed by atoms with Gasteiger partial charge in [0.2, 0.25) is 0 Å². The van der Waals surface area contributed by atoms with Crippen LogP contribution in [0.1, 0.15) is 10.4 Å². The minimum absolute atomic E-state index is 0.805. The predicted molar refractivity (Wildman–Crippen MR) is 75.5 cm³/mol. The molecule has 2 aromatic rings. The summed E-state index contributed by atoms with van der Waals surface area (Å²) < 4.78 is 1.12. The Morgan fingerprint density at radius 1 is 1.44 bits per heavy atom. The molecule has 0 bridgehead atoms. The van der Waals surface area contributed by atoms with Crippen molar-refractivity contribution in [2.45, 2.75) is 13.5 Å². The Morgan fingerprint density at radius 3 is 2.94 bits per heavy atom. The lowest BCUT2D eigenvalue weighted by molar-refractivity contribution is 1.18. The van der Waals surface area contributed by atoms with Crippen LogP contribution in [-0.4, -0.2) is 0 Å². The van der Waals surface area contributed by atoms with Crippen molar-refractivity contribution in [3.05, 3.63) is 49.6 Å². The van der Waals surface area contributed by atoms with Crippen LogP contribution >= 0.6 is 38.9 Å². The molecule has 1 nitrogen and oxygen atoms in total. The number of hydrogen-bond acceptors (Lipinski definition) is 2. The van der Waals surface area contributed by atoms with Crippen molar-refractivity contribution in [2.24, 2.45) is 0 Å². The Bertz CT molecular complexity index is 496. The van der Waals surface area contributed by atoms with Gasteiger partial charge in [-0.05, 0) is 40.5 Å². The lowest BCUT2D eigenvalue weighted by atomic mass is 10.2. The van der Waals surface area contributed by atoms with Crippen LogP contribution in [0.5, 0.6) is 0 Å². The molecule has 0 amide bonds. The molecule has 84 valence electrons. The number of benzene rings is 1. The highest BCUT2D eigenvalue weighted by Crippen LogP contribution is 2.27. The summed E-state index contributed by atoms with van der Waals surface area (Å²) in [6.07, 6.45) is 0.